The van der Waals surface area contributed by atoms with Crippen molar-refractivity contribution in [1.29, 1.82) is 15.8 Å². The van der Waals surface area contributed by atoms with Crippen LogP contribution in [0, 0.1) is 34.0 Å². The zero-order valence-corrected chi connectivity index (χ0v) is 37.0. The zero-order valence-electron chi connectivity index (χ0n) is 37.0. The van der Waals surface area contributed by atoms with Crippen LogP contribution < -0.4 is 9.80 Å². The van der Waals surface area contributed by atoms with Crippen molar-refractivity contribution >= 4 is 55.9 Å². The minimum atomic E-state index is 0.461. The number of hydrogen-bond donors (Lipinski definition) is 0. The average Bonchev–Trinajstić information content (AvgIpc) is 3.74. The van der Waals surface area contributed by atoms with Gasteiger partial charge < -0.3 is 14.4 Å². The van der Waals surface area contributed by atoms with Gasteiger partial charge in [0.05, 0.1) is 56.9 Å². The third-order valence-corrected chi connectivity index (χ3v) is 12.3. The van der Waals surface area contributed by atoms with Gasteiger partial charge >= 0.3 is 0 Å². The maximum Gasteiger partial charge on any atom is 0.160 e. The van der Waals surface area contributed by atoms with Gasteiger partial charge in [0.25, 0.3) is 0 Å². The van der Waals surface area contributed by atoms with Gasteiger partial charge in [-0.2, -0.15) is 15.8 Å². The van der Waals surface area contributed by atoms with Crippen LogP contribution in [0.1, 0.15) is 16.7 Å². The van der Waals surface area contributed by atoms with Gasteiger partial charge in [-0.1, -0.05) is 91.0 Å². The SMILES string of the molecule is N#Cc1ccc(-c2cc(-c3ccc(-n4c5ccc(N(c6ccccc6)c6ccccc6)cc5c5cc(N(c6ccccc6)c6ccccc6)ccc54)c(C#N)c3)nc(-c3ccc(C#N)cc3)n2)cc1. The monoisotopic (exact) mass is 882 g/mol. The predicted molar refractivity (Wildman–Crippen MR) is 276 cm³/mol. The number of nitrogens with zero attached hydrogens (tertiary/aromatic N) is 8. The highest BCUT2D eigenvalue weighted by atomic mass is 15.1. The molecule has 0 unspecified atom stereocenters. The maximum atomic E-state index is 11.1. The molecule has 8 nitrogen and oxygen atoms in total. The van der Waals surface area contributed by atoms with Gasteiger partial charge in [0.1, 0.15) is 6.07 Å². The van der Waals surface area contributed by atoms with Crippen molar-refractivity contribution in [2.24, 2.45) is 0 Å². The topological polar surface area (TPSA) is 109 Å². The van der Waals surface area contributed by atoms with Crippen molar-refractivity contribution in [1.82, 2.24) is 14.5 Å². The fourth-order valence-electron chi connectivity index (χ4n) is 9.00. The summed E-state index contributed by atoms with van der Waals surface area (Å²) in [6, 6.07) is 83.8. The summed E-state index contributed by atoms with van der Waals surface area (Å²) in [4.78, 5) is 14.5. The third kappa shape index (κ3) is 7.96. The molecule has 0 atom stereocenters. The lowest BCUT2D eigenvalue weighted by Crippen LogP contribution is -2.09. The van der Waals surface area contributed by atoms with Gasteiger partial charge in [0.2, 0.25) is 0 Å². The molecule has 8 heteroatoms. The number of benzene rings is 9. The Hall–Kier alpha value is -10.1. The molecule has 11 aromatic rings. The van der Waals surface area contributed by atoms with Gasteiger partial charge in [0.15, 0.2) is 5.82 Å². The van der Waals surface area contributed by atoms with E-state index >= 15 is 0 Å². The molecule has 2 heterocycles. The maximum absolute atomic E-state index is 11.1. The summed E-state index contributed by atoms with van der Waals surface area (Å²) in [5.74, 6) is 0.466. The van der Waals surface area contributed by atoms with E-state index in [9.17, 15) is 15.8 Å². The number of aromatic nitrogens is 3. The minimum absolute atomic E-state index is 0.461. The highest BCUT2D eigenvalue weighted by Gasteiger charge is 2.22. The Morgan fingerprint density at radius 2 is 0.754 bits per heavy atom. The zero-order chi connectivity index (χ0) is 46.7. The number of nitriles is 3. The van der Waals surface area contributed by atoms with E-state index in [4.69, 9.17) is 9.97 Å². The second kappa shape index (κ2) is 18.1. The second-order valence-corrected chi connectivity index (χ2v) is 16.4. The Labute approximate surface area is 399 Å². The Morgan fingerprint density at radius 3 is 1.17 bits per heavy atom. The molecule has 0 fully saturated rings. The normalized spacial score (nSPS) is 10.9. The fraction of sp³-hybridized carbons (Fsp3) is 0. The van der Waals surface area contributed by atoms with E-state index in [2.05, 4.69) is 166 Å². The van der Waals surface area contributed by atoms with Crippen LogP contribution in [-0.2, 0) is 0 Å². The van der Waals surface area contributed by atoms with Crippen molar-refractivity contribution < 1.29 is 0 Å². The summed E-state index contributed by atoms with van der Waals surface area (Å²) in [7, 11) is 0. The van der Waals surface area contributed by atoms with E-state index in [0.29, 0.717) is 33.9 Å². The summed E-state index contributed by atoms with van der Waals surface area (Å²) in [6.07, 6.45) is 0. The highest BCUT2D eigenvalue weighted by Crippen LogP contribution is 2.43. The van der Waals surface area contributed by atoms with Crippen LogP contribution in [0.3, 0.4) is 0 Å². The van der Waals surface area contributed by atoms with Gasteiger partial charge in [-0.05, 0) is 140 Å². The second-order valence-electron chi connectivity index (χ2n) is 16.4. The van der Waals surface area contributed by atoms with E-state index in [1.807, 2.05) is 72.8 Å². The van der Waals surface area contributed by atoms with E-state index in [0.717, 1.165) is 78.3 Å². The van der Waals surface area contributed by atoms with Crippen LogP contribution in [0.2, 0.25) is 0 Å². The van der Waals surface area contributed by atoms with Crippen LogP contribution in [-0.4, -0.2) is 14.5 Å². The third-order valence-electron chi connectivity index (χ3n) is 12.3. The first kappa shape index (κ1) is 41.6. The van der Waals surface area contributed by atoms with Gasteiger partial charge in [-0.15, -0.1) is 0 Å². The van der Waals surface area contributed by atoms with E-state index in [-0.39, 0.29) is 0 Å². The summed E-state index contributed by atoms with van der Waals surface area (Å²) < 4.78 is 2.19. The molecule has 0 saturated carbocycles. The molecule has 0 aliphatic carbocycles. The lowest BCUT2D eigenvalue weighted by atomic mass is 10.0. The molecule has 9 aromatic carbocycles. The Kier molecular flexibility index (Phi) is 10.9. The van der Waals surface area contributed by atoms with Crippen LogP contribution >= 0.6 is 0 Å². The number of para-hydroxylation sites is 4. The molecular formula is C61H38N8. The molecule has 0 amide bonds. The molecule has 69 heavy (non-hydrogen) atoms. The number of rotatable bonds is 10. The Bertz CT molecular complexity index is 3500. The van der Waals surface area contributed by atoms with Crippen LogP contribution in [0.25, 0.3) is 61.4 Å². The molecular weight excluding hydrogens is 845 g/mol. The molecule has 0 saturated heterocycles. The first-order valence-electron chi connectivity index (χ1n) is 22.4. The number of anilines is 6. The summed E-state index contributed by atoms with van der Waals surface area (Å²) >= 11 is 0. The highest BCUT2D eigenvalue weighted by molar-refractivity contribution is 6.12. The van der Waals surface area contributed by atoms with Gasteiger partial charge in [-0.25, -0.2) is 9.97 Å². The fourth-order valence-corrected chi connectivity index (χ4v) is 9.00. The minimum Gasteiger partial charge on any atom is -0.310 e. The number of hydrogen-bond acceptors (Lipinski definition) is 7. The summed E-state index contributed by atoms with van der Waals surface area (Å²) in [6.45, 7) is 0. The molecule has 0 bridgehead atoms. The van der Waals surface area contributed by atoms with E-state index < -0.39 is 0 Å². The lowest BCUT2D eigenvalue weighted by Gasteiger charge is -2.26. The van der Waals surface area contributed by atoms with Gasteiger partial charge in [-0.3, -0.25) is 0 Å². The van der Waals surface area contributed by atoms with Gasteiger partial charge in [0, 0.05) is 61.6 Å². The number of fused-ring (bicyclic) bond motifs is 3. The van der Waals surface area contributed by atoms with E-state index in [1.54, 1.807) is 24.3 Å². The molecule has 0 radical (unpaired) electrons. The average molecular weight is 883 g/mol. The Balaban J connectivity index is 1.11. The quantitative estimate of drug-likeness (QED) is 0.135. The molecule has 0 aliphatic rings. The van der Waals surface area contributed by atoms with Crippen LogP contribution in [0.4, 0.5) is 34.1 Å². The van der Waals surface area contributed by atoms with E-state index in [1.165, 1.54) is 0 Å². The molecule has 2 aromatic heterocycles. The largest absolute Gasteiger partial charge is 0.310 e. The Morgan fingerprint density at radius 1 is 0.348 bits per heavy atom. The molecule has 322 valence electrons. The molecule has 0 N–H and O–H groups in total. The van der Waals surface area contributed by atoms with Crippen molar-refractivity contribution in [3.63, 3.8) is 0 Å². The summed E-state index contributed by atoms with van der Waals surface area (Å²) in [5, 5.41) is 32.1. The standard InChI is InChI=1S/C61H38N8/c62-39-42-21-25-44(26-22-42)56-38-57(66-61(65-56)45-27-23-43(40-63)24-28-45)46-29-32-58(47(35-46)41-64)69-59-33-30-52(67(48-13-5-1-6-14-48)49-15-7-2-8-16-49)36-54(59)55-37-53(31-34-60(55)69)68(50-17-9-3-10-18-50)51-19-11-4-12-20-51/h1-38H. The smallest absolute Gasteiger partial charge is 0.160 e. The molecule has 0 aliphatic heterocycles. The van der Waals surface area contributed by atoms with Crippen molar-refractivity contribution in [2.75, 3.05) is 9.80 Å². The molecule has 0 spiro atoms. The van der Waals surface area contributed by atoms with Crippen LogP contribution in [0.15, 0.2) is 231 Å². The predicted octanol–water partition coefficient (Wildman–Crippen LogP) is 15.1. The van der Waals surface area contributed by atoms with Crippen LogP contribution in [0.5, 0.6) is 0 Å². The first-order valence-corrected chi connectivity index (χ1v) is 22.4. The summed E-state index contributed by atoms with van der Waals surface area (Å²) in [5.41, 5.74) is 13.8. The van der Waals surface area contributed by atoms with Crippen molar-refractivity contribution in [3.05, 3.63) is 247 Å². The molecule has 11 rings (SSSR count). The lowest BCUT2D eigenvalue weighted by molar-refractivity contribution is 1.16. The first-order chi connectivity index (χ1) is 34.1. The van der Waals surface area contributed by atoms with Crippen molar-refractivity contribution in [2.45, 2.75) is 0 Å². The van der Waals surface area contributed by atoms with Crippen molar-refractivity contribution in [3.8, 4) is 57.8 Å².